The van der Waals surface area contributed by atoms with Gasteiger partial charge < -0.3 is 4.74 Å². The first-order valence-electron chi connectivity index (χ1n) is 5.02. The van der Waals surface area contributed by atoms with E-state index >= 15 is 0 Å². The van der Waals surface area contributed by atoms with Crippen molar-refractivity contribution in [2.75, 3.05) is 7.11 Å². The summed E-state index contributed by atoms with van der Waals surface area (Å²) in [4.78, 5) is 11.8. The molecule has 0 N–H and O–H groups in total. The van der Waals surface area contributed by atoms with Gasteiger partial charge in [0.2, 0.25) is 0 Å². The second-order valence-corrected chi connectivity index (χ2v) is 4.03. The van der Waals surface area contributed by atoms with Crippen LogP contribution in [0.5, 0.6) is 5.75 Å². The molecule has 0 saturated carbocycles. The molecule has 0 saturated heterocycles. The number of carbonyl (C=O) groups excluding carboxylic acids is 1. The standard InChI is InChI=1S/C13H14O2/c1-13(8-4-7-12(13)14)10-5-3-6-11(9-10)15-2/h3-7,9H,8H2,1-2H3. The van der Waals surface area contributed by atoms with E-state index in [1.807, 2.05) is 37.3 Å². The van der Waals surface area contributed by atoms with Crippen molar-refractivity contribution in [3.63, 3.8) is 0 Å². The van der Waals surface area contributed by atoms with Crippen LogP contribution in [-0.4, -0.2) is 12.9 Å². The summed E-state index contributed by atoms with van der Waals surface area (Å²) in [5.41, 5.74) is 0.631. The number of allylic oxidation sites excluding steroid dienone is 2. The van der Waals surface area contributed by atoms with Crippen LogP contribution in [0.1, 0.15) is 18.9 Å². The Morgan fingerprint density at radius 1 is 1.40 bits per heavy atom. The third kappa shape index (κ3) is 1.56. The molecule has 1 aromatic rings. The summed E-state index contributed by atoms with van der Waals surface area (Å²) in [6, 6.07) is 7.73. The van der Waals surface area contributed by atoms with Gasteiger partial charge in [-0.1, -0.05) is 18.2 Å². The molecule has 1 aliphatic rings. The molecular weight excluding hydrogens is 188 g/mol. The SMILES string of the molecule is COc1cccc(C2(C)CC=CC2=O)c1. The molecule has 1 atom stereocenters. The lowest BCUT2D eigenvalue weighted by molar-refractivity contribution is -0.118. The van der Waals surface area contributed by atoms with Crippen molar-refractivity contribution in [2.45, 2.75) is 18.8 Å². The third-order valence-electron chi connectivity index (χ3n) is 3.05. The van der Waals surface area contributed by atoms with E-state index in [9.17, 15) is 4.79 Å². The van der Waals surface area contributed by atoms with Crippen molar-refractivity contribution in [1.29, 1.82) is 0 Å². The Bertz CT molecular complexity index is 420. The molecule has 0 aliphatic heterocycles. The molecule has 0 amide bonds. The van der Waals surface area contributed by atoms with E-state index in [0.29, 0.717) is 0 Å². The van der Waals surface area contributed by atoms with Gasteiger partial charge in [-0.25, -0.2) is 0 Å². The molecule has 0 spiro atoms. The minimum absolute atomic E-state index is 0.177. The van der Waals surface area contributed by atoms with Gasteiger partial charge >= 0.3 is 0 Å². The predicted octanol–water partition coefficient (Wildman–Crippen LogP) is 2.48. The number of benzene rings is 1. The van der Waals surface area contributed by atoms with Crippen molar-refractivity contribution in [3.05, 3.63) is 42.0 Å². The van der Waals surface area contributed by atoms with Gasteiger partial charge in [-0.3, -0.25) is 4.79 Å². The van der Waals surface area contributed by atoms with Gasteiger partial charge in [0.25, 0.3) is 0 Å². The highest BCUT2D eigenvalue weighted by atomic mass is 16.5. The number of ether oxygens (including phenoxy) is 1. The Labute approximate surface area is 89.6 Å². The first-order chi connectivity index (χ1) is 7.16. The summed E-state index contributed by atoms with van der Waals surface area (Å²) in [5, 5.41) is 0. The monoisotopic (exact) mass is 202 g/mol. The molecule has 2 heteroatoms. The molecule has 15 heavy (non-hydrogen) atoms. The lowest BCUT2D eigenvalue weighted by Gasteiger charge is -2.22. The van der Waals surface area contributed by atoms with E-state index in [1.165, 1.54) is 0 Å². The number of rotatable bonds is 2. The van der Waals surface area contributed by atoms with Crippen LogP contribution in [0, 0.1) is 0 Å². The Morgan fingerprint density at radius 3 is 2.80 bits per heavy atom. The number of ketones is 1. The average Bonchev–Trinajstić information content (AvgIpc) is 2.61. The van der Waals surface area contributed by atoms with Crippen molar-refractivity contribution in [1.82, 2.24) is 0 Å². The Hall–Kier alpha value is -1.57. The Morgan fingerprint density at radius 2 is 2.20 bits per heavy atom. The van der Waals surface area contributed by atoms with Gasteiger partial charge in [-0.2, -0.15) is 0 Å². The van der Waals surface area contributed by atoms with E-state index in [1.54, 1.807) is 13.2 Å². The average molecular weight is 202 g/mol. The molecule has 0 bridgehead atoms. The summed E-state index contributed by atoms with van der Waals surface area (Å²) >= 11 is 0. The minimum Gasteiger partial charge on any atom is -0.497 e. The van der Waals surface area contributed by atoms with Crippen LogP contribution in [0.4, 0.5) is 0 Å². The zero-order valence-electron chi connectivity index (χ0n) is 8.99. The van der Waals surface area contributed by atoms with E-state index < -0.39 is 5.41 Å². The number of methoxy groups -OCH3 is 1. The third-order valence-corrected chi connectivity index (χ3v) is 3.05. The van der Waals surface area contributed by atoms with Gasteiger partial charge in [0.05, 0.1) is 12.5 Å². The fourth-order valence-corrected chi connectivity index (χ4v) is 1.91. The molecule has 2 rings (SSSR count). The zero-order chi connectivity index (χ0) is 10.9. The Kier molecular flexibility index (Phi) is 2.35. The topological polar surface area (TPSA) is 26.3 Å². The first kappa shape index (κ1) is 9.97. The highest BCUT2D eigenvalue weighted by Gasteiger charge is 2.35. The van der Waals surface area contributed by atoms with Crippen LogP contribution >= 0.6 is 0 Å². The number of hydrogen-bond acceptors (Lipinski definition) is 2. The molecule has 0 fully saturated rings. The molecule has 2 nitrogen and oxygen atoms in total. The van der Waals surface area contributed by atoms with Gasteiger partial charge in [0, 0.05) is 0 Å². The van der Waals surface area contributed by atoms with Crippen LogP contribution in [0.25, 0.3) is 0 Å². The van der Waals surface area contributed by atoms with Crippen molar-refractivity contribution >= 4 is 5.78 Å². The van der Waals surface area contributed by atoms with E-state index in [2.05, 4.69) is 0 Å². The van der Waals surface area contributed by atoms with E-state index in [-0.39, 0.29) is 5.78 Å². The van der Waals surface area contributed by atoms with E-state index in [0.717, 1.165) is 17.7 Å². The van der Waals surface area contributed by atoms with Gasteiger partial charge in [0.1, 0.15) is 5.75 Å². The summed E-state index contributed by atoms with van der Waals surface area (Å²) in [6.45, 7) is 1.98. The van der Waals surface area contributed by atoms with Crippen molar-refractivity contribution < 1.29 is 9.53 Å². The maximum Gasteiger partial charge on any atom is 0.165 e. The molecular formula is C13H14O2. The lowest BCUT2D eigenvalue weighted by atomic mass is 9.79. The van der Waals surface area contributed by atoms with Crippen LogP contribution in [0.3, 0.4) is 0 Å². The summed E-state index contributed by atoms with van der Waals surface area (Å²) in [6.07, 6.45) is 4.38. The fraction of sp³-hybridized carbons (Fsp3) is 0.308. The molecule has 0 radical (unpaired) electrons. The number of carbonyl (C=O) groups is 1. The molecule has 1 aromatic carbocycles. The maximum atomic E-state index is 11.8. The predicted molar refractivity (Wildman–Crippen MR) is 59.1 cm³/mol. The van der Waals surface area contributed by atoms with Crippen LogP contribution < -0.4 is 4.74 Å². The van der Waals surface area contributed by atoms with E-state index in [4.69, 9.17) is 4.74 Å². The normalized spacial score (nSPS) is 24.5. The molecule has 1 unspecified atom stereocenters. The number of hydrogen-bond donors (Lipinski definition) is 0. The first-order valence-corrected chi connectivity index (χ1v) is 5.02. The van der Waals surface area contributed by atoms with Gasteiger partial charge in [-0.05, 0) is 37.1 Å². The molecule has 78 valence electrons. The fourth-order valence-electron chi connectivity index (χ4n) is 1.91. The highest BCUT2D eigenvalue weighted by Crippen LogP contribution is 2.35. The van der Waals surface area contributed by atoms with Gasteiger partial charge in [0.15, 0.2) is 5.78 Å². The van der Waals surface area contributed by atoms with Crippen molar-refractivity contribution in [2.24, 2.45) is 0 Å². The summed E-state index contributed by atoms with van der Waals surface area (Å²) in [7, 11) is 1.64. The summed E-state index contributed by atoms with van der Waals surface area (Å²) < 4.78 is 5.16. The minimum atomic E-state index is -0.394. The largest absolute Gasteiger partial charge is 0.497 e. The lowest BCUT2D eigenvalue weighted by Crippen LogP contribution is -2.27. The summed E-state index contributed by atoms with van der Waals surface area (Å²) in [5.74, 6) is 0.976. The second-order valence-electron chi connectivity index (χ2n) is 4.03. The van der Waals surface area contributed by atoms with Crippen LogP contribution in [-0.2, 0) is 10.2 Å². The molecule has 0 aromatic heterocycles. The highest BCUT2D eigenvalue weighted by molar-refractivity contribution is 6.01. The van der Waals surface area contributed by atoms with Crippen molar-refractivity contribution in [3.8, 4) is 5.75 Å². The smallest absolute Gasteiger partial charge is 0.165 e. The van der Waals surface area contributed by atoms with Crippen LogP contribution in [0.15, 0.2) is 36.4 Å². The zero-order valence-corrected chi connectivity index (χ0v) is 8.99. The van der Waals surface area contributed by atoms with Gasteiger partial charge in [-0.15, -0.1) is 0 Å². The van der Waals surface area contributed by atoms with Crippen LogP contribution in [0.2, 0.25) is 0 Å². The second kappa shape index (κ2) is 3.54. The molecule has 0 heterocycles. The Balaban J connectivity index is 2.41. The maximum absolute atomic E-state index is 11.8. The quantitative estimate of drug-likeness (QED) is 0.736. The molecule has 1 aliphatic carbocycles.